The van der Waals surface area contributed by atoms with Crippen molar-refractivity contribution in [3.63, 3.8) is 0 Å². The zero-order valence-corrected chi connectivity index (χ0v) is 12.3. The molecule has 0 saturated heterocycles. The molecule has 1 N–H and O–H groups in total. The van der Waals surface area contributed by atoms with E-state index >= 15 is 0 Å². The van der Waals surface area contributed by atoms with Crippen molar-refractivity contribution < 1.29 is 9.53 Å². The van der Waals surface area contributed by atoms with Crippen LogP contribution < -0.4 is 10.2 Å². The third-order valence-electron chi connectivity index (χ3n) is 2.77. The average Bonchev–Trinajstić information content (AvgIpc) is 2.50. The van der Waals surface area contributed by atoms with Gasteiger partial charge in [-0.15, -0.1) is 0 Å². The van der Waals surface area contributed by atoms with E-state index in [9.17, 15) is 4.79 Å². The smallest absolute Gasteiger partial charge is 0.244 e. The van der Waals surface area contributed by atoms with Gasteiger partial charge in [0.1, 0.15) is 5.75 Å². The van der Waals surface area contributed by atoms with Crippen LogP contribution in [0.15, 0.2) is 53.6 Å². The predicted molar refractivity (Wildman–Crippen MR) is 83.9 cm³/mol. The maximum absolute atomic E-state index is 11.7. The lowest BCUT2D eigenvalue weighted by Crippen LogP contribution is -2.19. The number of carbonyl (C=O) groups excluding carboxylic acids is 1. The van der Waals surface area contributed by atoms with Crippen molar-refractivity contribution in [3.05, 3.63) is 64.7 Å². The first-order chi connectivity index (χ1) is 10.2. The number of amides is 1. The molecule has 4 nitrogen and oxygen atoms in total. The molecule has 108 valence electrons. The van der Waals surface area contributed by atoms with E-state index in [0.29, 0.717) is 5.02 Å². The summed E-state index contributed by atoms with van der Waals surface area (Å²) in [5.74, 6) is 0.558. The minimum absolute atomic E-state index is 0.184. The van der Waals surface area contributed by atoms with Crippen molar-refractivity contribution in [1.29, 1.82) is 0 Å². The van der Waals surface area contributed by atoms with Crippen LogP contribution >= 0.6 is 11.6 Å². The molecule has 21 heavy (non-hydrogen) atoms. The Labute approximate surface area is 128 Å². The number of hydrogen-bond acceptors (Lipinski definition) is 3. The highest BCUT2D eigenvalue weighted by molar-refractivity contribution is 6.30. The summed E-state index contributed by atoms with van der Waals surface area (Å²) in [6.07, 6.45) is 1.83. The first-order valence-corrected chi connectivity index (χ1v) is 6.75. The van der Waals surface area contributed by atoms with Gasteiger partial charge in [0.25, 0.3) is 0 Å². The summed E-state index contributed by atoms with van der Waals surface area (Å²) >= 11 is 5.79. The van der Waals surface area contributed by atoms with Crippen LogP contribution in [0.5, 0.6) is 5.75 Å². The lowest BCUT2D eigenvalue weighted by Gasteiger charge is -2.01. The van der Waals surface area contributed by atoms with Crippen LogP contribution in [0, 0.1) is 0 Å². The van der Waals surface area contributed by atoms with E-state index in [-0.39, 0.29) is 12.3 Å². The summed E-state index contributed by atoms with van der Waals surface area (Å²) in [4.78, 5) is 11.7. The summed E-state index contributed by atoms with van der Waals surface area (Å²) in [5, 5.41) is 4.57. The fourth-order valence-electron chi connectivity index (χ4n) is 1.73. The van der Waals surface area contributed by atoms with Gasteiger partial charge in [-0.1, -0.05) is 35.9 Å². The molecule has 0 fully saturated rings. The molecule has 1 amide bonds. The van der Waals surface area contributed by atoms with E-state index in [0.717, 1.165) is 16.9 Å². The van der Waals surface area contributed by atoms with Gasteiger partial charge in [-0.25, -0.2) is 5.43 Å². The van der Waals surface area contributed by atoms with Crippen LogP contribution in [0.3, 0.4) is 0 Å². The zero-order chi connectivity index (χ0) is 15.1. The summed E-state index contributed by atoms with van der Waals surface area (Å²) < 4.78 is 5.11. The molecule has 2 aromatic carbocycles. The average molecular weight is 303 g/mol. The molecule has 0 aliphatic carbocycles. The van der Waals surface area contributed by atoms with Gasteiger partial charge in [0, 0.05) is 5.02 Å². The molecule has 0 heterocycles. The van der Waals surface area contributed by atoms with Crippen molar-refractivity contribution >= 4 is 23.7 Å². The summed E-state index contributed by atoms with van der Waals surface area (Å²) in [6, 6.07) is 14.5. The molecule has 5 heteroatoms. The minimum atomic E-state index is -0.184. The molecule has 0 spiro atoms. The van der Waals surface area contributed by atoms with Gasteiger partial charge in [-0.3, -0.25) is 4.79 Å². The van der Waals surface area contributed by atoms with Crippen LogP contribution in [0.25, 0.3) is 0 Å². The van der Waals surface area contributed by atoms with Crippen molar-refractivity contribution in [2.75, 3.05) is 7.11 Å². The second-order valence-electron chi connectivity index (χ2n) is 4.37. The first-order valence-electron chi connectivity index (χ1n) is 6.38. The monoisotopic (exact) mass is 302 g/mol. The third kappa shape index (κ3) is 4.93. The molecule has 0 atom stereocenters. The van der Waals surface area contributed by atoms with Crippen molar-refractivity contribution in [1.82, 2.24) is 5.43 Å². The number of benzene rings is 2. The van der Waals surface area contributed by atoms with Gasteiger partial charge in [-0.05, 0) is 35.4 Å². The fourth-order valence-corrected chi connectivity index (χ4v) is 1.85. The Morgan fingerprint density at radius 2 is 2.05 bits per heavy atom. The number of carbonyl (C=O) groups is 1. The van der Waals surface area contributed by atoms with E-state index in [1.807, 2.05) is 36.4 Å². The number of nitrogens with zero attached hydrogens (tertiary/aromatic N) is 1. The zero-order valence-electron chi connectivity index (χ0n) is 11.5. The van der Waals surface area contributed by atoms with Crippen molar-refractivity contribution in [2.24, 2.45) is 5.10 Å². The van der Waals surface area contributed by atoms with Gasteiger partial charge >= 0.3 is 0 Å². The molecule has 0 bridgehead atoms. The highest BCUT2D eigenvalue weighted by atomic mass is 35.5. The van der Waals surface area contributed by atoms with E-state index in [1.54, 1.807) is 25.5 Å². The van der Waals surface area contributed by atoms with Crippen LogP contribution in [0.1, 0.15) is 11.1 Å². The topological polar surface area (TPSA) is 50.7 Å². The number of rotatable bonds is 5. The number of nitrogens with one attached hydrogen (secondary N) is 1. The lowest BCUT2D eigenvalue weighted by molar-refractivity contribution is -0.120. The van der Waals surface area contributed by atoms with Crippen LogP contribution in [0.4, 0.5) is 0 Å². The second kappa shape index (κ2) is 7.45. The summed E-state index contributed by atoms with van der Waals surface area (Å²) in [7, 11) is 1.60. The first kappa shape index (κ1) is 15.1. The van der Waals surface area contributed by atoms with E-state index in [4.69, 9.17) is 16.3 Å². The molecule has 2 aromatic rings. The number of hydrogen-bond donors (Lipinski definition) is 1. The Morgan fingerprint density at radius 1 is 1.29 bits per heavy atom. The van der Waals surface area contributed by atoms with E-state index < -0.39 is 0 Å². The van der Waals surface area contributed by atoms with Gasteiger partial charge in [0.2, 0.25) is 5.91 Å². The number of hydrazone groups is 1. The molecule has 0 aliphatic rings. The molecule has 0 aromatic heterocycles. The maximum Gasteiger partial charge on any atom is 0.244 e. The Bertz CT molecular complexity index is 639. The largest absolute Gasteiger partial charge is 0.497 e. The van der Waals surface area contributed by atoms with E-state index in [2.05, 4.69) is 10.5 Å². The highest BCUT2D eigenvalue weighted by Crippen LogP contribution is 2.11. The van der Waals surface area contributed by atoms with Crippen LogP contribution in [-0.2, 0) is 11.2 Å². The third-order valence-corrected chi connectivity index (χ3v) is 3.03. The molecule has 0 radical (unpaired) electrons. The lowest BCUT2D eigenvalue weighted by atomic mass is 10.1. The Balaban J connectivity index is 1.88. The standard InChI is InChI=1S/C16H15ClN2O2/c1-21-15-4-2-3-13(9-15)11-18-19-16(20)10-12-5-7-14(17)8-6-12/h2-9,11H,10H2,1H3,(H,19,20)/b18-11+. The highest BCUT2D eigenvalue weighted by Gasteiger charge is 2.01. The van der Waals surface area contributed by atoms with Crippen molar-refractivity contribution in [3.8, 4) is 5.75 Å². The Kier molecular flexibility index (Phi) is 5.35. The van der Waals surface area contributed by atoms with Crippen LogP contribution in [-0.4, -0.2) is 19.2 Å². The van der Waals surface area contributed by atoms with Crippen LogP contribution in [0.2, 0.25) is 5.02 Å². The molecule has 0 aliphatic heterocycles. The van der Waals surface area contributed by atoms with Crippen molar-refractivity contribution in [2.45, 2.75) is 6.42 Å². The van der Waals surface area contributed by atoms with Gasteiger partial charge in [-0.2, -0.15) is 5.10 Å². The van der Waals surface area contributed by atoms with Gasteiger partial charge in [0.15, 0.2) is 0 Å². The van der Waals surface area contributed by atoms with E-state index in [1.165, 1.54) is 0 Å². The maximum atomic E-state index is 11.7. The number of halogens is 1. The molecular formula is C16H15ClN2O2. The van der Waals surface area contributed by atoms with Gasteiger partial charge in [0.05, 0.1) is 19.7 Å². The summed E-state index contributed by atoms with van der Waals surface area (Å²) in [6.45, 7) is 0. The SMILES string of the molecule is COc1cccc(/C=N/NC(=O)Cc2ccc(Cl)cc2)c1. The fraction of sp³-hybridized carbons (Fsp3) is 0.125. The molecular weight excluding hydrogens is 288 g/mol. The normalized spacial score (nSPS) is 10.6. The molecule has 0 saturated carbocycles. The predicted octanol–water partition coefficient (Wildman–Crippen LogP) is 3.04. The molecule has 2 rings (SSSR count). The minimum Gasteiger partial charge on any atom is -0.497 e. The summed E-state index contributed by atoms with van der Waals surface area (Å²) in [5.41, 5.74) is 4.22. The number of ether oxygens (including phenoxy) is 1. The Morgan fingerprint density at radius 3 is 2.76 bits per heavy atom. The quantitative estimate of drug-likeness (QED) is 0.682. The van der Waals surface area contributed by atoms with Gasteiger partial charge < -0.3 is 4.74 Å². The Hall–Kier alpha value is -2.33. The second-order valence-corrected chi connectivity index (χ2v) is 4.81. The number of methoxy groups -OCH3 is 1. The molecule has 0 unspecified atom stereocenters.